The van der Waals surface area contributed by atoms with E-state index in [9.17, 15) is 13.2 Å². The first-order valence-electron chi connectivity index (χ1n) is 8.00. The summed E-state index contributed by atoms with van der Waals surface area (Å²) < 4.78 is 28.9. The molecule has 3 rings (SSSR count). The molecule has 1 aliphatic heterocycles. The number of hydrogen-bond donors (Lipinski definition) is 0. The molecule has 0 radical (unpaired) electrons. The molecule has 25 heavy (non-hydrogen) atoms. The molecule has 130 valence electrons. The lowest BCUT2D eigenvalue weighted by molar-refractivity contribution is -0.143. The summed E-state index contributed by atoms with van der Waals surface area (Å²) in [7, 11) is -3.27. The second-order valence-electron chi connectivity index (χ2n) is 6.84. The van der Waals surface area contributed by atoms with Crippen molar-refractivity contribution in [1.29, 1.82) is 0 Å². The fourth-order valence-electron chi connectivity index (χ4n) is 3.03. The van der Waals surface area contributed by atoms with Crippen molar-refractivity contribution in [2.45, 2.75) is 30.8 Å². The zero-order valence-electron chi connectivity index (χ0n) is 14.4. The van der Waals surface area contributed by atoms with E-state index in [0.29, 0.717) is 12.0 Å². The summed E-state index contributed by atoms with van der Waals surface area (Å²) in [5.74, 6) is -0.323. The highest BCUT2D eigenvalue weighted by atomic mass is 32.2. The summed E-state index contributed by atoms with van der Waals surface area (Å²) in [6.07, 6.45) is 1.68. The monoisotopic (exact) mass is 356 g/mol. The third-order valence-electron chi connectivity index (χ3n) is 4.15. The third-order valence-corrected chi connectivity index (χ3v) is 5.28. The lowest BCUT2D eigenvalue weighted by atomic mass is 9.89. The van der Waals surface area contributed by atoms with Crippen molar-refractivity contribution >= 4 is 21.4 Å². The normalized spacial score (nSPS) is 18.8. The van der Waals surface area contributed by atoms with Crippen LogP contribution < -0.4 is 0 Å². The number of carbonyl (C=O) groups is 1. The molecule has 0 saturated carbocycles. The van der Waals surface area contributed by atoms with E-state index in [1.54, 1.807) is 24.3 Å². The Hall–Kier alpha value is -2.40. The van der Waals surface area contributed by atoms with Crippen LogP contribution in [0.1, 0.15) is 31.4 Å². The van der Waals surface area contributed by atoms with Gasteiger partial charge in [-0.1, -0.05) is 42.5 Å². The predicted octanol–water partition coefficient (Wildman–Crippen LogP) is 3.62. The molecule has 0 unspecified atom stereocenters. The van der Waals surface area contributed by atoms with Gasteiger partial charge in [0.15, 0.2) is 9.84 Å². The van der Waals surface area contributed by atoms with E-state index in [4.69, 9.17) is 4.74 Å². The van der Waals surface area contributed by atoms with Crippen LogP contribution in [-0.4, -0.2) is 26.2 Å². The van der Waals surface area contributed by atoms with E-state index in [1.807, 2.05) is 44.2 Å². The quantitative estimate of drug-likeness (QED) is 0.622. The molecular formula is C20H20O4S. The molecule has 5 heteroatoms. The average molecular weight is 356 g/mol. The SMILES string of the molecule is CC1(C)C/C(=C(/c2ccccc2)c2ccc(S(C)(=O)=O)cc2)C(=O)O1. The van der Waals surface area contributed by atoms with Crippen LogP contribution in [0.4, 0.5) is 0 Å². The molecular weight excluding hydrogens is 336 g/mol. The Labute approximate surface area is 148 Å². The van der Waals surface area contributed by atoms with Crippen LogP contribution in [0.3, 0.4) is 0 Å². The Bertz CT molecular complexity index is 937. The maximum absolute atomic E-state index is 12.4. The number of carbonyl (C=O) groups excluding carboxylic acids is 1. The molecule has 4 nitrogen and oxygen atoms in total. The van der Waals surface area contributed by atoms with Gasteiger partial charge in [0, 0.05) is 18.2 Å². The van der Waals surface area contributed by atoms with Gasteiger partial charge in [-0.15, -0.1) is 0 Å². The Balaban J connectivity index is 2.19. The van der Waals surface area contributed by atoms with E-state index in [2.05, 4.69) is 0 Å². The van der Waals surface area contributed by atoms with Crippen LogP contribution in [0.2, 0.25) is 0 Å². The largest absolute Gasteiger partial charge is 0.456 e. The first-order valence-corrected chi connectivity index (χ1v) is 9.89. The smallest absolute Gasteiger partial charge is 0.335 e. The number of sulfone groups is 1. The maximum atomic E-state index is 12.4. The second kappa shape index (κ2) is 6.15. The molecule has 0 amide bonds. The number of ether oxygens (including phenoxy) is 1. The van der Waals surface area contributed by atoms with Crippen LogP contribution in [0.15, 0.2) is 65.1 Å². The highest BCUT2D eigenvalue weighted by Crippen LogP contribution is 2.38. The van der Waals surface area contributed by atoms with E-state index in [1.165, 1.54) is 6.26 Å². The number of hydrogen-bond acceptors (Lipinski definition) is 4. The van der Waals surface area contributed by atoms with Crippen molar-refractivity contribution in [2.24, 2.45) is 0 Å². The molecule has 1 saturated heterocycles. The fraction of sp³-hybridized carbons (Fsp3) is 0.250. The van der Waals surface area contributed by atoms with Gasteiger partial charge in [0.25, 0.3) is 0 Å². The number of cyclic esters (lactones) is 1. The summed E-state index contributed by atoms with van der Waals surface area (Å²) in [5.41, 5.74) is 2.56. The minimum absolute atomic E-state index is 0.253. The number of rotatable bonds is 3. The number of esters is 1. The van der Waals surface area contributed by atoms with Crippen molar-refractivity contribution in [1.82, 2.24) is 0 Å². The standard InChI is InChI=1S/C20H20O4S/c1-20(2)13-17(19(21)24-20)18(14-7-5-4-6-8-14)15-9-11-16(12-10-15)25(3,22)23/h4-12H,13H2,1-3H3/b18-17+. The van der Waals surface area contributed by atoms with Crippen LogP contribution in [0, 0.1) is 0 Å². The predicted molar refractivity (Wildman–Crippen MR) is 96.8 cm³/mol. The van der Waals surface area contributed by atoms with E-state index in [-0.39, 0.29) is 10.9 Å². The Morgan fingerprint density at radius 1 is 0.960 bits per heavy atom. The molecule has 0 aromatic heterocycles. The van der Waals surface area contributed by atoms with Gasteiger partial charge in [-0.2, -0.15) is 0 Å². The average Bonchev–Trinajstić information content (AvgIpc) is 2.81. The maximum Gasteiger partial charge on any atom is 0.335 e. The van der Waals surface area contributed by atoms with Crippen LogP contribution in [0.5, 0.6) is 0 Å². The third kappa shape index (κ3) is 3.66. The Morgan fingerprint density at radius 3 is 2.00 bits per heavy atom. The topological polar surface area (TPSA) is 60.4 Å². The van der Waals surface area contributed by atoms with Crippen molar-refractivity contribution in [3.63, 3.8) is 0 Å². The second-order valence-corrected chi connectivity index (χ2v) is 8.86. The summed E-state index contributed by atoms with van der Waals surface area (Å²) >= 11 is 0. The molecule has 2 aromatic rings. The van der Waals surface area contributed by atoms with E-state index < -0.39 is 15.4 Å². The fourth-order valence-corrected chi connectivity index (χ4v) is 3.66. The van der Waals surface area contributed by atoms with Gasteiger partial charge < -0.3 is 4.74 Å². The van der Waals surface area contributed by atoms with Gasteiger partial charge in [-0.3, -0.25) is 0 Å². The van der Waals surface area contributed by atoms with Crippen LogP contribution in [0.25, 0.3) is 5.57 Å². The van der Waals surface area contributed by atoms with E-state index in [0.717, 1.165) is 16.7 Å². The summed E-state index contributed by atoms with van der Waals surface area (Å²) in [6, 6.07) is 16.2. The van der Waals surface area contributed by atoms with Gasteiger partial charge >= 0.3 is 5.97 Å². The molecule has 1 heterocycles. The zero-order chi connectivity index (χ0) is 18.2. The van der Waals surface area contributed by atoms with Gasteiger partial charge in [0.1, 0.15) is 5.60 Å². The summed E-state index contributed by atoms with van der Waals surface area (Å²) in [4.78, 5) is 12.7. The molecule has 1 aliphatic rings. The first kappa shape index (κ1) is 17.4. The van der Waals surface area contributed by atoms with Crippen molar-refractivity contribution < 1.29 is 17.9 Å². The van der Waals surface area contributed by atoms with E-state index >= 15 is 0 Å². The molecule has 0 aliphatic carbocycles. The van der Waals surface area contributed by atoms with Gasteiger partial charge in [-0.25, -0.2) is 13.2 Å². The number of benzene rings is 2. The lowest BCUT2D eigenvalue weighted by Crippen LogP contribution is -2.17. The Morgan fingerprint density at radius 2 is 1.52 bits per heavy atom. The highest BCUT2D eigenvalue weighted by molar-refractivity contribution is 7.90. The molecule has 0 N–H and O–H groups in total. The first-order chi connectivity index (χ1) is 11.7. The minimum Gasteiger partial charge on any atom is -0.456 e. The minimum atomic E-state index is -3.27. The molecule has 0 spiro atoms. The van der Waals surface area contributed by atoms with Gasteiger partial charge in [0.05, 0.1) is 4.90 Å². The van der Waals surface area contributed by atoms with Gasteiger partial charge in [-0.05, 0) is 42.7 Å². The molecule has 0 bridgehead atoms. The Kier molecular flexibility index (Phi) is 4.29. The lowest BCUT2D eigenvalue weighted by Gasteiger charge is -2.14. The van der Waals surface area contributed by atoms with Crippen LogP contribution in [-0.2, 0) is 19.4 Å². The van der Waals surface area contributed by atoms with Crippen LogP contribution >= 0.6 is 0 Å². The summed E-state index contributed by atoms with van der Waals surface area (Å²) in [5, 5.41) is 0. The molecule has 0 atom stereocenters. The summed E-state index contributed by atoms with van der Waals surface area (Å²) in [6.45, 7) is 3.76. The molecule has 2 aromatic carbocycles. The molecule has 1 fully saturated rings. The van der Waals surface area contributed by atoms with Crippen molar-refractivity contribution in [3.05, 3.63) is 71.3 Å². The van der Waals surface area contributed by atoms with Crippen molar-refractivity contribution in [2.75, 3.05) is 6.26 Å². The zero-order valence-corrected chi connectivity index (χ0v) is 15.3. The highest BCUT2D eigenvalue weighted by Gasteiger charge is 2.37. The van der Waals surface area contributed by atoms with Gasteiger partial charge in [0.2, 0.25) is 0 Å². The van der Waals surface area contributed by atoms with Crippen molar-refractivity contribution in [3.8, 4) is 0 Å².